The first kappa shape index (κ1) is 19.1. The SMILES string of the molecule is CN(C)C(CNCc1cn(-c2ccccc2)nc1-c1cccs1)c1cccs1. The zero-order valence-corrected chi connectivity index (χ0v) is 17.7. The third kappa shape index (κ3) is 4.25. The van der Waals surface area contributed by atoms with Crippen LogP contribution in [0.5, 0.6) is 0 Å². The lowest BCUT2D eigenvalue weighted by Crippen LogP contribution is -2.30. The summed E-state index contributed by atoms with van der Waals surface area (Å²) in [5, 5.41) is 12.8. The Morgan fingerprint density at radius 1 is 1.00 bits per heavy atom. The zero-order chi connectivity index (χ0) is 19.3. The molecule has 1 unspecified atom stereocenters. The number of rotatable bonds is 8. The van der Waals surface area contributed by atoms with E-state index < -0.39 is 0 Å². The highest BCUT2D eigenvalue weighted by atomic mass is 32.1. The molecule has 0 aliphatic rings. The monoisotopic (exact) mass is 408 g/mol. The van der Waals surface area contributed by atoms with Gasteiger partial charge in [0.05, 0.1) is 16.6 Å². The molecule has 144 valence electrons. The Morgan fingerprint density at radius 2 is 1.79 bits per heavy atom. The first-order chi connectivity index (χ1) is 13.7. The van der Waals surface area contributed by atoms with Gasteiger partial charge in [0.2, 0.25) is 0 Å². The minimum atomic E-state index is 0.370. The summed E-state index contributed by atoms with van der Waals surface area (Å²) in [6, 6.07) is 19.2. The van der Waals surface area contributed by atoms with Gasteiger partial charge in [-0.25, -0.2) is 4.68 Å². The molecular weight excluding hydrogens is 384 g/mol. The zero-order valence-electron chi connectivity index (χ0n) is 16.1. The summed E-state index contributed by atoms with van der Waals surface area (Å²) in [4.78, 5) is 4.86. The van der Waals surface area contributed by atoms with E-state index in [2.05, 4.69) is 77.7 Å². The summed E-state index contributed by atoms with van der Waals surface area (Å²) in [5.74, 6) is 0. The maximum Gasteiger partial charge on any atom is 0.107 e. The van der Waals surface area contributed by atoms with Crippen LogP contribution < -0.4 is 5.32 Å². The number of hydrogen-bond acceptors (Lipinski definition) is 5. The number of para-hydroxylation sites is 1. The minimum Gasteiger partial charge on any atom is -0.311 e. The maximum absolute atomic E-state index is 4.88. The van der Waals surface area contributed by atoms with Crippen molar-refractivity contribution in [2.24, 2.45) is 0 Å². The number of aromatic nitrogens is 2. The predicted octanol–water partition coefficient (Wildman–Crippen LogP) is 5.05. The van der Waals surface area contributed by atoms with E-state index in [0.717, 1.165) is 24.5 Å². The molecule has 0 amide bonds. The number of hydrogen-bond donors (Lipinski definition) is 1. The van der Waals surface area contributed by atoms with Crippen molar-refractivity contribution in [3.8, 4) is 16.3 Å². The molecule has 0 radical (unpaired) electrons. The number of nitrogens with one attached hydrogen (secondary N) is 1. The predicted molar refractivity (Wildman–Crippen MR) is 119 cm³/mol. The van der Waals surface area contributed by atoms with Gasteiger partial charge in [0.25, 0.3) is 0 Å². The van der Waals surface area contributed by atoms with Gasteiger partial charge in [-0.1, -0.05) is 30.3 Å². The van der Waals surface area contributed by atoms with Gasteiger partial charge in [0.1, 0.15) is 5.69 Å². The topological polar surface area (TPSA) is 33.1 Å². The molecule has 0 bridgehead atoms. The van der Waals surface area contributed by atoms with Crippen LogP contribution in [0.2, 0.25) is 0 Å². The van der Waals surface area contributed by atoms with Crippen molar-refractivity contribution < 1.29 is 0 Å². The quantitative estimate of drug-likeness (QED) is 0.443. The summed E-state index contributed by atoms with van der Waals surface area (Å²) >= 11 is 3.54. The van der Waals surface area contributed by atoms with E-state index in [9.17, 15) is 0 Å². The number of likely N-dealkylation sites (N-methyl/N-ethyl adjacent to an activating group) is 1. The van der Waals surface area contributed by atoms with Gasteiger partial charge in [-0.05, 0) is 49.1 Å². The Balaban J connectivity index is 1.54. The van der Waals surface area contributed by atoms with E-state index in [4.69, 9.17) is 5.10 Å². The lowest BCUT2D eigenvalue weighted by atomic mass is 10.2. The Labute approximate surface area is 174 Å². The Bertz CT molecular complexity index is 973. The van der Waals surface area contributed by atoms with Gasteiger partial charge in [0.15, 0.2) is 0 Å². The molecule has 3 aromatic heterocycles. The van der Waals surface area contributed by atoms with Crippen LogP contribution in [0.1, 0.15) is 16.5 Å². The van der Waals surface area contributed by atoms with Gasteiger partial charge >= 0.3 is 0 Å². The molecule has 1 aromatic carbocycles. The van der Waals surface area contributed by atoms with E-state index >= 15 is 0 Å². The van der Waals surface area contributed by atoms with Crippen molar-refractivity contribution in [1.29, 1.82) is 0 Å². The summed E-state index contributed by atoms with van der Waals surface area (Å²) in [6.07, 6.45) is 2.15. The van der Waals surface area contributed by atoms with Gasteiger partial charge in [0, 0.05) is 29.7 Å². The molecule has 6 heteroatoms. The molecule has 4 rings (SSSR count). The maximum atomic E-state index is 4.88. The first-order valence-corrected chi connectivity index (χ1v) is 11.1. The van der Waals surface area contributed by atoms with E-state index in [1.807, 2.05) is 34.2 Å². The molecule has 1 N–H and O–H groups in total. The highest BCUT2D eigenvalue weighted by Crippen LogP contribution is 2.28. The van der Waals surface area contributed by atoms with E-state index in [0.29, 0.717) is 6.04 Å². The van der Waals surface area contributed by atoms with Crippen molar-refractivity contribution in [3.63, 3.8) is 0 Å². The Kier molecular flexibility index (Phi) is 6.02. The molecule has 0 spiro atoms. The van der Waals surface area contributed by atoms with Crippen LogP contribution in [0, 0.1) is 0 Å². The standard InChI is InChI=1S/C22H24N4S2/c1-25(2)19(20-10-6-12-27-20)15-23-14-17-16-26(18-8-4-3-5-9-18)24-22(17)21-11-7-13-28-21/h3-13,16,19,23H,14-15H2,1-2H3. The van der Waals surface area contributed by atoms with Gasteiger partial charge in [-0.2, -0.15) is 5.10 Å². The molecule has 0 fully saturated rings. The highest BCUT2D eigenvalue weighted by molar-refractivity contribution is 7.13. The Morgan fingerprint density at radius 3 is 2.46 bits per heavy atom. The van der Waals surface area contributed by atoms with Crippen LogP contribution in [0.4, 0.5) is 0 Å². The van der Waals surface area contributed by atoms with E-state index in [1.54, 1.807) is 11.3 Å². The minimum absolute atomic E-state index is 0.370. The van der Waals surface area contributed by atoms with Crippen molar-refractivity contribution in [2.45, 2.75) is 12.6 Å². The van der Waals surface area contributed by atoms with Crippen molar-refractivity contribution in [2.75, 3.05) is 20.6 Å². The summed E-state index contributed by atoms with van der Waals surface area (Å²) in [5.41, 5.74) is 3.36. The van der Waals surface area contributed by atoms with Crippen LogP contribution in [-0.4, -0.2) is 35.3 Å². The Hall–Kier alpha value is -2.25. The van der Waals surface area contributed by atoms with Crippen molar-refractivity contribution in [3.05, 3.63) is 82.0 Å². The third-order valence-corrected chi connectivity index (χ3v) is 6.56. The lowest BCUT2D eigenvalue weighted by Gasteiger charge is -2.23. The number of nitrogens with zero attached hydrogens (tertiary/aromatic N) is 3. The van der Waals surface area contributed by atoms with Gasteiger partial charge < -0.3 is 10.2 Å². The first-order valence-electron chi connectivity index (χ1n) is 9.31. The van der Waals surface area contributed by atoms with Crippen LogP contribution in [0.15, 0.2) is 71.6 Å². The summed E-state index contributed by atoms with van der Waals surface area (Å²) < 4.78 is 1.98. The largest absolute Gasteiger partial charge is 0.311 e. The van der Waals surface area contributed by atoms with Crippen molar-refractivity contribution >= 4 is 22.7 Å². The van der Waals surface area contributed by atoms with E-state index in [-0.39, 0.29) is 0 Å². The molecule has 0 saturated heterocycles. The molecule has 28 heavy (non-hydrogen) atoms. The van der Waals surface area contributed by atoms with E-state index in [1.165, 1.54) is 15.3 Å². The highest BCUT2D eigenvalue weighted by Gasteiger charge is 2.17. The fourth-order valence-electron chi connectivity index (χ4n) is 3.23. The molecule has 0 aliphatic carbocycles. The summed E-state index contributed by atoms with van der Waals surface area (Å²) in [6.45, 7) is 1.68. The van der Waals surface area contributed by atoms with Crippen molar-refractivity contribution in [1.82, 2.24) is 20.0 Å². The summed E-state index contributed by atoms with van der Waals surface area (Å²) in [7, 11) is 4.27. The second-order valence-corrected chi connectivity index (χ2v) is 8.81. The van der Waals surface area contributed by atoms with Gasteiger partial charge in [-0.3, -0.25) is 0 Å². The molecule has 3 heterocycles. The molecule has 1 atom stereocenters. The molecule has 4 aromatic rings. The van der Waals surface area contributed by atoms with Gasteiger partial charge in [-0.15, -0.1) is 22.7 Å². The average molecular weight is 409 g/mol. The smallest absolute Gasteiger partial charge is 0.107 e. The number of thiophene rings is 2. The second-order valence-electron chi connectivity index (χ2n) is 6.89. The third-order valence-electron chi connectivity index (χ3n) is 4.71. The second kappa shape index (κ2) is 8.84. The van der Waals surface area contributed by atoms with Crippen LogP contribution in [-0.2, 0) is 6.54 Å². The average Bonchev–Trinajstić information content (AvgIpc) is 3.47. The fourth-order valence-corrected chi connectivity index (χ4v) is 4.90. The molecule has 0 saturated carbocycles. The molecule has 4 nitrogen and oxygen atoms in total. The fraction of sp³-hybridized carbons (Fsp3) is 0.227. The molecular formula is C22H24N4S2. The van der Waals surface area contributed by atoms with Crippen LogP contribution in [0.3, 0.4) is 0 Å². The number of benzene rings is 1. The molecule has 0 aliphatic heterocycles. The van der Waals surface area contributed by atoms with Crippen LogP contribution >= 0.6 is 22.7 Å². The lowest BCUT2D eigenvalue weighted by molar-refractivity contribution is 0.292. The normalized spacial score (nSPS) is 12.5. The van der Waals surface area contributed by atoms with Crippen LogP contribution in [0.25, 0.3) is 16.3 Å².